The molecule has 0 saturated heterocycles. The molecule has 0 aliphatic heterocycles. The Balaban J connectivity index is 1.19. The van der Waals surface area contributed by atoms with Crippen molar-refractivity contribution in [3.63, 3.8) is 0 Å². The maximum atomic E-state index is 13.3. The number of hydrogen-bond donors (Lipinski definition) is 1. The van der Waals surface area contributed by atoms with Crippen molar-refractivity contribution in [3.8, 4) is 0 Å². The first-order chi connectivity index (χ1) is 14.0. The van der Waals surface area contributed by atoms with Crippen LogP contribution < -0.4 is 5.32 Å². The monoisotopic (exact) mass is 454 g/mol. The number of hydrogen-bond acceptors (Lipinski definition) is 4. The number of amides is 1. The number of nitrogens with one attached hydrogen (secondary N) is 1. The van der Waals surface area contributed by atoms with Crippen molar-refractivity contribution in [2.24, 2.45) is 17.3 Å². The van der Waals surface area contributed by atoms with E-state index < -0.39 is 0 Å². The molecule has 0 spiro atoms. The van der Waals surface area contributed by atoms with Crippen LogP contribution in [0.1, 0.15) is 38.5 Å². The number of alkyl halides is 1. The lowest BCUT2D eigenvalue weighted by molar-refractivity contribution is -0.138. The highest BCUT2D eigenvalue weighted by Gasteiger charge is 2.59. The van der Waals surface area contributed by atoms with E-state index in [1.54, 1.807) is 10.9 Å². The largest absolute Gasteiger partial charge is 0.323 e. The van der Waals surface area contributed by atoms with E-state index >= 15 is 0 Å². The summed E-state index contributed by atoms with van der Waals surface area (Å²) in [6.07, 6.45) is 10.4. The van der Waals surface area contributed by atoms with Gasteiger partial charge in [0.2, 0.25) is 5.91 Å². The first-order valence-electron chi connectivity index (χ1n) is 10.3. The topological polar surface area (TPSA) is 77.6 Å². The SMILES string of the molecule is O=C(Nc1cnn(Cn2nnc3ccccc32)c1)C12CC3CC(CC(Br)(C3)C1)C2. The van der Waals surface area contributed by atoms with Crippen LogP contribution in [0.4, 0.5) is 5.69 Å². The minimum absolute atomic E-state index is 0.168. The maximum absolute atomic E-state index is 13.3. The number of rotatable bonds is 4. The minimum Gasteiger partial charge on any atom is -0.323 e. The smallest absolute Gasteiger partial charge is 0.230 e. The van der Waals surface area contributed by atoms with Gasteiger partial charge in [-0.05, 0) is 62.5 Å². The molecular weight excluding hydrogens is 432 g/mol. The molecule has 4 saturated carbocycles. The lowest BCUT2D eigenvalue weighted by Gasteiger charge is -2.59. The summed E-state index contributed by atoms with van der Waals surface area (Å²) >= 11 is 3.99. The molecule has 2 atom stereocenters. The predicted molar refractivity (Wildman–Crippen MR) is 113 cm³/mol. The third-order valence-electron chi connectivity index (χ3n) is 7.06. The molecule has 8 heteroatoms. The molecule has 29 heavy (non-hydrogen) atoms. The van der Waals surface area contributed by atoms with Crippen molar-refractivity contribution in [2.45, 2.75) is 49.5 Å². The van der Waals surface area contributed by atoms with Gasteiger partial charge in [0, 0.05) is 4.32 Å². The average Bonchev–Trinajstić information content (AvgIpc) is 3.27. The van der Waals surface area contributed by atoms with Crippen LogP contribution in [0.2, 0.25) is 0 Å². The third kappa shape index (κ3) is 2.91. The van der Waals surface area contributed by atoms with E-state index in [2.05, 4.69) is 36.7 Å². The van der Waals surface area contributed by atoms with E-state index in [1.807, 2.05) is 35.1 Å². The highest BCUT2D eigenvalue weighted by atomic mass is 79.9. The number of aromatic nitrogens is 5. The number of para-hydroxylation sites is 1. The van der Waals surface area contributed by atoms with Crippen LogP contribution in [-0.2, 0) is 11.5 Å². The first kappa shape index (κ1) is 17.6. The van der Waals surface area contributed by atoms with E-state index in [1.165, 1.54) is 19.3 Å². The Morgan fingerprint density at radius 3 is 2.79 bits per heavy atom. The first-order valence-corrected chi connectivity index (χ1v) is 11.1. The van der Waals surface area contributed by atoms with Crippen LogP contribution in [0.5, 0.6) is 0 Å². The number of benzene rings is 1. The van der Waals surface area contributed by atoms with Crippen LogP contribution in [-0.4, -0.2) is 35.0 Å². The van der Waals surface area contributed by atoms with Gasteiger partial charge in [-0.3, -0.25) is 4.79 Å². The Kier molecular flexibility index (Phi) is 3.73. The third-order valence-corrected chi connectivity index (χ3v) is 7.99. The van der Waals surface area contributed by atoms with Gasteiger partial charge >= 0.3 is 0 Å². The van der Waals surface area contributed by atoms with Gasteiger partial charge in [-0.15, -0.1) is 5.10 Å². The highest BCUT2D eigenvalue weighted by Crippen LogP contribution is 2.64. The summed E-state index contributed by atoms with van der Waals surface area (Å²) in [6.45, 7) is 0.455. The highest BCUT2D eigenvalue weighted by molar-refractivity contribution is 9.10. The van der Waals surface area contributed by atoms with Gasteiger partial charge in [-0.25, -0.2) is 9.36 Å². The zero-order chi connectivity index (χ0) is 19.6. The Morgan fingerprint density at radius 2 is 2.00 bits per heavy atom. The van der Waals surface area contributed by atoms with Gasteiger partial charge in [0.1, 0.15) is 12.2 Å². The normalized spacial score (nSPS) is 32.7. The number of nitrogens with zero attached hydrogens (tertiary/aromatic N) is 5. The molecule has 4 aliphatic carbocycles. The zero-order valence-electron chi connectivity index (χ0n) is 16.1. The van der Waals surface area contributed by atoms with Crippen molar-refractivity contribution in [1.29, 1.82) is 0 Å². The van der Waals surface area contributed by atoms with Gasteiger partial charge in [-0.2, -0.15) is 5.10 Å². The molecule has 2 unspecified atom stereocenters. The Bertz CT molecular complexity index is 1090. The van der Waals surface area contributed by atoms with Crippen molar-refractivity contribution in [1.82, 2.24) is 24.8 Å². The summed E-state index contributed by atoms with van der Waals surface area (Å²) in [5, 5.41) is 16.0. The number of anilines is 1. The number of halogens is 1. The fourth-order valence-corrected chi connectivity index (χ4v) is 7.80. The van der Waals surface area contributed by atoms with Crippen molar-refractivity contribution in [3.05, 3.63) is 36.7 Å². The van der Waals surface area contributed by atoms with Crippen molar-refractivity contribution >= 4 is 38.6 Å². The van der Waals surface area contributed by atoms with Crippen LogP contribution in [0.15, 0.2) is 36.7 Å². The maximum Gasteiger partial charge on any atom is 0.230 e. The van der Waals surface area contributed by atoms with Crippen LogP contribution >= 0.6 is 15.9 Å². The molecule has 2 heterocycles. The summed E-state index contributed by atoms with van der Waals surface area (Å²) in [7, 11) is 0. The van der Waals surface area contributed by atoms with E-state index in [-0.39, 0.29) is 15.6 Å². The van der Waals surface area contributed by atoms with Crippen LogP contribution in [0, 0.1) is 17.3 Å². The second-order valence-corrected chi connectivity index (χ2v) is 11.0. The summed E-state index contributed by atoms with van der Waals surface area (Å²) in [5.74, 6) is 1.54. The zero-order valence-corrected chi connectivity index (χ0v) is 17.7. The van der Waals surface area contributed by atoms with E-state index in [0.717, 1.165) is 36.0 Å². The standard InChI is InChI=1S/C21H23BrN6O/c22-21-8-14-5-15(9-21)7-20(6-14,12-21)19(29)24-16-10-23-27(11-16)13-28-18-4-2-1-3-17(18)25-26-28/h1-4,10-11,14-15H,5-9,12-13H2,(H,24,29). The molecule has 7 rings (SSSR count). The number of carbonyl (C=O) groups excluding carboxylic acids is 1. The molecule has 0 radical (unpaired) electrons. The fourth-order valence-electron chi connectivity index (χ4n) is 6.34. The second-order valence-electron chi connectivity index (χ2n) is 9.33. The number of carbonyl (C=O) groups is 1. The molecule has 1 N–H and O–H groups in total. The van der Waals surface area contributed by atoms with Crippen LogP contribution in [0.3, 0.4) is 0 Å². The minimum atomic E-state index is -0.224. The molecule has 2 aromatic heterocycles. The second kappa shape index (κ2) is 6.14. The molecule has 4 fully saturated rings. The lowest BCUT2D eigenvalue weighted by atomic mass is 9.49. The lowest BCUT2D eigenvalue weighted by Crippen LogP contribution is -2.57. The van der Waals surface area contributed by atoms with Gasteiger partial charge in [0.05, 0.1) is 29.0 Å². The van der Waals surface area contributed by atoms with E-state index in [9.17, 15) is 4.79 Å². The van der Waals surface area contributed by atoms with Gasteiger partial charge in [0.25, 0.3) is 0 Å². The van der Waals surface area contributed by atoms with Gasteiger partial charge in [-0.1, -0.05) is 33.3 Å². The Hall–Kier alpha value is -2.22. The van der Waals surface area contributed by atoms with Crippen molar-refractivity contribution in [2.75, 3.05) is 5.32 Å². The average molecular weight is 455 g/mol. The molecule has 1 amide bonds. The summed E-state index contributed by atoms with van der Waals surface area (Å²) in [5.41, 5.74) is 2.35. The molecule has 1 aromatic carbocycles. The van der Waals surface area contributed by atoms with Gasteiger partial charge < -0.3 is 5.32 Å². The molecule has 150 valence electrons. The molecule has 7 nitrogen and oxygen atoms in total. The fraction of sp³-hybridized carbons (Fsp3) is 0.524. The molecule has 3 aromatic rings. The Labute approximate surface area is 177 Å². The van der Waals surface area contributed by atoms with Gasteiger partial charge in [0.15, 0.2) is 0 Å². The van der Waals surface area contributed by atoms with E-state index in [0.29, 0.717) is 18.5 Å². The predicted octanol–water partition coefficient (Wildman–Crippen LogP) is 3.81. The quantitative estimate of drug-likeness (QED) is 0.607. The molecular formula is C21H23BrN6O. The van der Waals surface area contributed by atoms with Crippen LogP contribution in [0.25, 0.3) is 11.0 Å². The molecule has 4 aliphatic rings. The number of fused-ring (bicyclic) bond motifs is 1. The molecule has 4 bridgehead atoms. The Morgan fingerprint density at radius 1 is 1.21 bits per heavy atom. The summed E-state index contributed by atoms with van der Waals surface area (Å²) in [6, 6.07) is 7.85. The van der Waals surface area contributed by atoms with Crippen molar-refractivity contribution < 1.29 is 4.79 Å². The summed E-state index contributed by atoms with van der Waals surface area (Å²) < 4.78 is 3.76. The van der Waals surface area contributed by atoms with E-state index in [4.69, 9.17) is 0 Å². The summed E-state index contributed by atoms with van der Waals surface area (Å²) in [4.78, 5) is 13.3.